The Bertz CT molecular complexity index is 1890. The molecule has 6 rings (SSSR count). The number of nitrogens with two attached hydrogens (primary N) is 1. The third kappa shape index (κ3) is 11.9. The number of carbonyl (C=O) groups excluding carboxylic acids is 2. The van der Waals surface area contributed by atoms with Crippen molar-refractivity contribution in [1.29, 1.82) is 0 Å². The molecule has 0 aliphatic heterocycles. The molecule has 2 saturated carbocycles. The molecule has 0 atom stereocenters. The zero-order valence-electron chi connectivity index (χ0n) is 29.0. The van der Waals surface area contributed by atoms with Gasteiger partial charge in [0.05, 0.1) is 37.6 Å². The van der Waals surface area contributed by atoms with E-state index in [2.05, 4.69) is 15.4 Å². The van der Waals surface area contributed by atoms with Crippen LogP contribution in [0.15, 0.2) is 58.9 Å². The van der Waals surface area contributed by atoms with Crippen molar-refractivity contribution in [3.63, 3.8) is 0 Å². The third-order valence-electron chi connectivity index (χ3n) is 9.68. The van der Waals surface area contributed by atoms with E-state index in [1.54, 1.807) is 37.3 Å². The predicted octanol–water partition coefficient (Wildman–Crippen LogP) is 9.32. The van der Waals surface area contributed by atoms with E-state index in [4.69, 9.17) is 39.6 Å². The lowest BCUT2D eigenvalue weighted by Gasteiger charge is -2.22. The number of allylic oxidation sites excluding steroid dienone is 4. The van der Waals surface area contributed by atoms with E-state index in [0.717, 1.165) is 86.0 Å². The quantitative estimate of drug-likeness (QED) is 0.150. The molecule has 10 nitrogen and oxygen atoms in total. The molecule has 2 fully saturated rings. The fraction of sp³-hybridized carbons (Fsp3) is 0.500. The molecule has 4 aliphatic rings. The van der Waals surface area contributed by atoms with Crippen molar-refractivity contribution in [2.75, 3.05) is 21.1 Å². The van der Waals surface area contributed by atoms with Gasteiger partial charge in [-0.3, -0.25) is 14.3 Å². The van der Waals surface area contributed by atoms with E-state index >= 15 is 0 Å². The van der Waals surface area contributed by atoms with Crippen LogP contribution in [0.3, 0.4) is 0 Å². The monoisotopic (exact) mass is 800 g/mol. The second-order valence-corrected chi connectivity index (χ2v) is 19.1. The Labute approximate surface area is 316 Å². The normalized spacial score (nSPS) is 18.9. The minimum atomic E-state index is -3.39. The molecule has 0 spiro atoms. The highest BCUT2D eigenvalue weighted by Crippen LogP contribution is 2.33. The molecule has 280 valence electrons. The molecule has 0 unspecified atom stereocenters. The number of anilines is 4. The summed E-state index contributed by atoms with van der Waals surface area (Å²) in [7, 11) is -1.46. The van der Waals surface area contributed by atoms with Gasteiger partial charge in [0.1, 0.15) is 0 Å². The van der Waals surface area contributed by atoms with Gasteiger partial charge in [0.2, 0.25) is 19.1 Å². The van der Waals surface area contributed by atoms with Crippen LogP contribution in [-0.4, -0.2) is 38.9 Å². The van der Waals surface area contributed by atoms with Crippen LogP contribution in [0, 0.1) is 0 Å². The number of nitrogens with one attached hydrogen (secondary N) is 3. The van der Waals surface area contributed by atoms with Gasteiger partial charge in [-0.2, -0.15) is 0 Å². The minimum Gasteiger partial charge on any atom is -0.399 e. The molecule has 15 heteroatoms. The lowest BCUT2D eigenvalue weighted by molar-refractivity contribution is -0.115. The number of rotatable bonds is 8. The van der Waals surface area contributed by atoms with E-state index < -0.39 is 19.1 Å². The fourth-order valence-corrected chi connectivity index (χ4v) is 9.95. The molecule has 0 amide bonds. The summed E-state index contributed by atoms with van der Waals surface area (Å²) in [4.78, 5) is 23.0. The molecule has 51 heavy (non-hydrogen) atoms. The summed E-state index contributed by atoms with van der Waals surface area (Å²) < 4.78 is 49.2. The van der Waals surface area contributed by atoms with Crippen molar-refractivity contribution in [3.8, 4) is 0 Å². The van der Waals surface area contributed by atoms with E-state index in [-0.39, 0.29) is 22.1 Å². The van der Waals surface area contributed by atoms with Crippen molar-refractivity contribution in [2.45, 2.75) is 114 Å². The first-order valence-electron chi connectivity index (χ1n) is 17.3. The number of benzene rings is 2. The lowest BCUT2D eigenvalue weighted by Crippen LogP contribution is -2.29. The van der Waals surface area contributed by atoms with Gasteiger partial charge >= 0.3 is 0 Å². The maximum Gasteiger partial charge on any atom is 0.235 e. The second-order valence-electron chi connectivity index (χ2n) is 13.4. The Morgan fingerprint density at radius 3 is 1.49 bits per heavy atom. The van der Waals surface area contributed by atoms with Crippen molar-refractivity contribution in [2.24, 2.45) is 0 Å². The largest absolute Gasteiger partial charge is 0.399 e. The van der Waals surface area contributed by atoms with Crippen LogP contribution in [0.5, 0.6) is 0 Å². The smallest absolute Gasteiger partial charge is 0.235 e. The first-order chi connectivity index (χ1) is 24.0. The topological polar surface area (TPSA) is 165 Å². The molecular weight excluding hydrogens is 755 g/mol. The van der Waals surface area contributed by atoms with Gasteiger partial charge in [0.25, 0.3) is 0 Å². The fourth-order valence-electron chi connectivity index (χ4n) is 6.48. The molecule has 5 N–H and O–H groups in total. The molecular formula is C36H47Cl3N4O6S2. The number of sulfonamides is 1. The predicted molar refractivity (Wildman–Crippen MR) is 210 cm³/mol. The summed E-state index contributed by atoms with van der Waals surface area (Å²) in [6.07, 6.45) is 11.7. The number of nitrogen functional groups attached to an aromatic ring is 1. The first kappa shape index (κ1) is 41.0. The van der Waals surface area contributed by atoms with Crippen LogP contribution in [-0.2, 0) is 28.7 Å². The molecule has 0 heterocycles. The van der Waals surface area contributed by atoms with Crippen LogP contribution in [0.2, 0.25) is 10.0 Å². The van der Waals surface area contributed by atoms with Gasteiger partial charge in [-0.25, -0.2) is 16.8 Å². The SMILES string of the molecule is CC1=C(Nc2ccc(N)cc2Cl)CCC1=O.CC1=C(Nc2ccc(NS(=O)(=O)C3CCCCC3)cc2Cl)CCC1=O.O=S(=O)(Cl)C1CCCCC1. The van der Waals surface area contributed by atoms with Gasteiger partial charge in [-0.15, -0.1) is 0 Å². The Morgan fingerprint density at radius 1 is 0.647 bits per heavy atom. The average Bonchev–Trinajstić information content (AvgIpc) is 3.58. The van der Waals surface area contributed by atoms with Crippen LogP contribution >= 0.6 is 33.9 Å². The van der Waals surface area contributed by atoms with Gasteiger partial charge in [0.15, 0.2) is 11.6 Å². The Morgan fingerprint density at radius 2 is 1.10 bits per heavy atom. The van der Waals surface area contributed by atoms with E-state index in [1.807, 2.05) is 13.0 Å². The van der Waals surface area contributed by atoms with Gasteiger partial charge in [0, 0.05) is 51.8 Å². The van der Waals surface area contributed by atoms with Crippen LogP contribution in [0.4, 0.5) is 22.7 Å². The highest BCUT2D eigenvalue weighted by molar-refractivity contribution is 8.14. The number of hydrogen-bond donors (Lipinski definition) is 4. The number of Topliss-reactive ketones (excluding diaryl/α,β-unsaturated/α-hetero) is 2. The van der Waals surface area contributed by atoms with Crippen molar-refractivity contribution in [3.05, 3.63) is 69.0 Å². The standard InChI is InChI=1S/C18H23ClN2O3S.C12H13ClN2O.C6H11ClO2S/c1-12-16(9-10-18(12)22)20-17-8-7-13(11-15(17)19)21-25(23,24)14-5-3-2-4-6-14;1-7-10(4-5-12(7)16)15-11-3-2-8(14)6-9(11)13;7-10(8,9)6-4-2-1-3-5-6/h7-8,11,14,20-21H,2-6,9-10H2,1H3;2-3,6,15H,4-5,14H2,1H3;6H,1-5H2. The third-order valence-corrected chi connectivity index (χ3v) is 14.2. The molecule has 4 aliphatic carbocycles. The average molecular weight is 802 g/mol. The molecule has 0 bridgehead atoms. The first-order valence-corrected chi connectivity index (χ1v) is 22.0. The number of ketones is 2. The van der Waals surface area contributed by atoms with Gasteiger partial charge in [-0.1, -0.05) is 61.7 Å². The summed E-state index contributed by atoms with van der Waals surface area (Å²) >= 11 is 12.3. The van der Waals surface area contributed by atoms with Gasteiger partial charge < -0.3 is 16.4 Å². The van der Waals surface area contributed by atoms with E-state index in [1.165, 1.54) is 0 Å². The number of carbonyl (C=O) groups is 2. The zero-order chi connectivity index (χ0) is 37.3. The zero-order valence-corrected chi connectivity index (χ0v) is 32.9. The van der Waals surface area contributed by atoms with Gasteiger partial charge in [-0.05, 0) is 88.8 Å². The van der Waals surface area contributed by atoms with E-state index in [0.29, 0.717) is 59.2 Å². The Kier molecular flexibility index (Phi) is 14.7. The summed E-state index contributed by atoms with van der Waals surface area (Å²) in [5, 5.41) is 6.78. The minimum absolute atomic E-state index is 0.149. The van der Waals surface area contributed by atoms with Crippen molar-refractivity contribution >= 4 is 87.3 Å². The number of halogens is 3. The van der Waals surface area contributed by atoms with Crippen molar-refractivity contribution in [1.82, 2.24) is 0 Å². The van der Waals surface area contributed by atoms with Crippen LogP contribution in [0.25, 0.3) is 0 Å². The Hall–Kier alpha value is -2.77. The summed E-state index contributed by atoms with van der Waals surface area (Å²) in [5.74, 6) is 0.351. The summed E-state index contributed by atoms with van der Waals surface area (Å²) in [6.45, 7) is 3.64. The molecule has 0 aromatic heterocycles. The summed E-state index contributed by atoms with van der Waals surface area (Å²) in [5.41, 5.74) is 11.5. The highest BCUT2D eigenvalue weighted by Gasteiger charge is 2.28. The lowest BCUT2D eigenvalue weighted by atomic mass is 10.0. The molecule has 0 radical (unpaired) electrons. The maximum absolute atomic E-state index is 12.5. The van der Waals surface area contributed by atoms with Crippen LogP contribution < -0.4 is 21.1 Å². The van der Waals surface area contributed by atoms with E-state index in [9.17, 15) is 26.4 Å². The maximum atomic E-state index is 12.5. The van der Waals surface area contributed by atoms with Crippen LogP contribution in [0.1, 0.15) is 104 Å². The molecule has 2 aromatic carbocycles. The summed E-state index contributed by atoms with van der Waals surface area (Å²) in [6, 6.07) is 10.3. The number of hydrogen-bond acceptors (Lipinski definition) is 9. The molecule has 2 aromatic rings. The molecule has 0 saturated heterocycles. The highest BCUT2D eigenvalue weighted by atomic mass is 35.7. The Balaban J connectivity index is 0.000000191. The van der Waals surface area contributed by atoms with Crippen molar-refractivity contribution < 1.29 is 26.4 Å². The second kappa shape index (κ2) is 18.3.